The van der Waals surface area contributed by atoms with Crippen molar-refractivity contribution in [1.82, 2.24) is 0 Å². The van der Waals surface area contributed by atoms with E-state index in [1.165, 1.54) is 17.0 Å². The zero-order valence-corrected chi connectivity index (χ0v) is 9.61. The molecule has 1 aliphatic rings. The molecule has 1 saturated heterocycles. The minimum atomic E-state index is -1.12. The number of amides is 1. The van der Waals surface area contributed by atoms with Gasteiger partial charge in [-0.15, -0.1) is 0 Å². The lowest BCUT2D eigenvalue weighted by molar-refractivity contribution is 0.0697. The standard InChI is InChI=1S/C11H10ClNO4/c12-9-3-2-7(6-8(9)10(14)15)13-4-1-5-17-11(13)16/h2-3,6H,1,4-5H2,(H,14,15). The fourth-order valence-corrected chi connectivity index (χ4v) is 1.83. The highest BCUT2D eigenvalue weighted by Crippen LogP contribution is 2.25. The van der Waals surface area contributed by atoms with Crippen molar-refractivity contribution in [3.63, 3.8) is 0 Å². The molecule has 1 aromatic carbocycles. The lowest BCUT2D eigenvalue weighted by atomic mass is 10.2. The van der Waals surface area contributed by atoms with Crippen molar-refractivity contribution in [2.45, 2.75) is 6.42 Å². The summed E-state index contributed by atoms with van der Waals surface area (Å²) in [7, 11) is 0. The molecule has 17 heavy (non-hydrogen) atoms. The van der Waals surface area contributed by atoms with Crippen LogP contribution in [0, 0.1) is 0 Å². The number of aromatic carboxylic acids is 1. The van der Waals surface area contributed by atoms with E-state index in [2.05, 4.69) is 0 Å². The number of carboxylic acids is 1. The van der Waals surface area contributed by atoms with Crippen LogP contribution in [0.2, 0.25) is 5.02 Å². The Bertz CT molecular complexity index is 475. The van der Waals surface area contributed by atoms with Crippen LogP contribution < -0.4 is 4.90 Å². The van der Waals surface area contributed by atoms with E-state index >= 15 is 0 Å². The van der Waals surface area contributed by atoms with Crippen LogP contribution in [0.4, 0.5) is 10.5 Å². The van der Waals surface area contributed by atoms with Crippen LogP contribution >= 0.6 is 11.6 Å². The van der Waals surface area contributed by atoms with Gasteiger partial charge in [0.25, 0.3) is 0 Å². The zero-order chi connectivity index (χ0) is 12.4. The molecule has 0 aromatic heterocycles. The van der Waals surface area contributed by atoms with Crippen LogP contribution in [0.3, 0.4) is 0 Å². The summed E-state index contributed by atoms with van der Waals surface area (Å²) in [6.07, 6.45) is 0.256. The summed E-state index contributed by atoms with van der Waals surface area (Å²) in [5.41, 5.74) is 0.457. The molecule has 0 spiro atoms. The molecule has 1 amide bonds. The molecule has 0 radical (unpaired) electrons. The van der Waals surface area contributed by atoms with E-state index < -0.39 is 12.1 Å². The first-order chi connectivity index (χ1) is 8.09. The highest BCUT2D eigenvalue weighted by atomic mass is 35.5. The molecular formula is C11H10ClNO4. The third kappa shape index (κ3) is 2.34. The second kappa shape index (κ2) is 4.63. The summed E-state index contributed by atoms with van der Waals surface area (Å²) in [6.45, 7) is 0.911. The number of benzene rings is 1. The number of hydrogen-bond acceptors (Lipinski definition) is 3. The van der Waals surface area contributed by atoms with Gasteiger partial charge in [0.15, 0.2) is 0 Å². The summed E-state index contributed by atoms with van der Waals surface area (Å²) in [4.78, 5) is 23.8. The number of anilines is 1. The second-order valence-electron chi connectivity index (χ2n) is 3.59. The number of nitrogens with zero attached hydrogens (tertiary/aromatic N) is 1. The Kier molecular flexibility index (Phi) is 3.19. The maximum Gasteiger partial charge on any atom is 0.414 e. The molecule has 0 unspecified atom stereocenters. The largest absolute Gasteiger partial charge is 0.478 e. The number of cyclic esters (lactones) is 1. The minimum absolute atomic E-state index is 0.0254. The van der Waals surface area contributed by atoms with Gasteiger partial charge in [-0.1, -0.05) is 11.6 Å². The van der Waals surface area contributed by atoms with E-state index in [-0.39, 0.29) is 10.6 Å². The van der Waals surface area contributed by atoms with E-state index in [1.807, 2.05) is 0 Å². The van der Waals surface area contributed by atoms with Crippen LogP contribution in [-0.4, -0.2) is 30.3 Å². The lowest BCUT2D eigenvalue weighted by Gasteiger charge is -2.26. The monoisotopic (exact) mass is 255 g/mol. The molecule has 1 aliphatic heterocycles. The van der Waals surface area contributed by atoms with Gasteiger partial charge in [-0.25, -0.2) is 9.59 Å². The minimum Gasteiger partial charge on any atom is -0.478 e. The Labute approximate surface area is 103 Å². The number of carboxylic acid groups (broad SMARTS) is 1. The van der Waals surface area contributed by atoms with Crippen molar-refractivity contribution in [3.8, 4) is 0 Å². The molecule has 0 bridgehead atoms. The van der Waals surface area contributed by atoms with E-state index in [9.17, 15) is 9.59 Å². The number of hydrogen-bond donors (Lipinski definition) is 1. The molecule has 1 fully saturated rings. The highest BCUT2D eigenvalue weighted by Gasteiger charge is 2.22. The van der Waals surface area contributed by atoms with Gasteiger partial charge in [-0.2, -0.15) is 0 Å². The number of rotatable bonds is 2. The fraction of sp³-hybridized carbons (Fsp3) is 0.273. The maximum absolute atomic E-state index is 11.5. The SMILES string of the molecule is O=C(O)c1cc(N2CCCOC2=O)ccc1Cl. The maximum atomic E-state index is 11.5. The average Bonchev–Trinajstić information content (AvgIpc) is 2.30. The molecule has 0 aliphatic carbocycles. The van der Waals surface area contributed by atoms with E-state index in [1.54, 1.807) is 6.07 Å². The lowest BCUT2D eigenvalue weighted by Crippen LogP contribution is -2.37. The third-order valence-corrected chi connectivity index (χ3v) is 2.79. The molecule has 2 rings (SSSR count). The first-order valence-electron chi connectivity index (χ1n) is 5.07. The van der Waals surface area contributed by atoms with Gasteiger partial charge in [0.05, 0.1) is 17.2 Å². The Morgan fingerprint density at radius 2 is 2.24 bits per heavy atom. The van der Waals surface area contributed by atoms with Crippen LogP contribution in [0.15, 0.2) is 18.2 Å². The van der Waals surface area contributed by atoms with E-state index in [0.717, 1.165) is 6.42 Å². The van der Waals surface area contributed by atoms with Crippen molar-refractivity contribution >= 4 is 29.4 Å². The van der Waals surface area contributed by atoms with Crippen LogP contribution in [-0.2, 0) is 4.74 Å². The summed E-state index contributed by atoms with van der Waals surface area (Å²) >= 11 is 5.75. The first kappa shape index (κ1) is 11.7. The second-order valence-corrected chi connectivity index (χ2v) is 4.00. The number of halogens is 1. The molecule has 5 nitrogen and oxygen atoms in total. The Morgan fingerprint density at radius 1 is 1.47 bits per heavy atom. The van der Waals surface area contributed by atoms with Gasteiger partial charge in [-0.3, -0.25) is 4.90 Å². The molecule has 1 aromatic rings. The van der Waals surface area contributed by atoms with Crippen LogP contribution in [0.5, 0.6) is 0 Å². The smallest absolute Gasteiger partial charge is 0.414 e. The fourth-order valence-electron chi connectivity index (χ4n) is 1.63. The topological polar surface area (TPSA) is 66.8 Å². The molecular weight excluding hydrogens is 246 g/mol. The highest BCUT2D eigenvalue weighted by molar-refractivity contribution is 6.33. The van der Waals surface area contributed by atoms with Gasteiger partial charge in [0.1, 0.15) is 0 Å². The van der Waals surface area contributed by atoms with Crippen molar-refractivity contribution in [1.29, 1.82) is 0 Å². The summed E-state index contributed by atoms with van der Waals surface area (Å²) in [6, 6.07) is 4.43. The molecule has 90 valence electrons. The van der Waals surface area contributed by atoms with E-state index in [4.69, 9.17) is 21.4 Å². The average molecular weight is 256 g/mol. The number of ether oxygens (including phenoxy) is 1. The van der Waals surface area contributed by atoms with Gasteiger partial charge in [0, 0.05) is 12.2 Å². The molecule has 0 saturated carbocycles. The normalized spacial score (nSPS) is 15.6. The molecule has 6 heteroatoms. The van der Waals surface area contributed by atoms with Crippen molar-refractivity contribution in [3.05, 3.63) is 28.8 Å². The van der Waals surface area contributed by atoms with Crippen LogP contribution in [0.25, 0.3) is 0 Å². The predicted molar refractivity (Wildman–Crippen MR) is 61.7 cm³/mol. The molecule has 1 N–H and O–H groups in total. The Morgan fingerprint density at radius 3 is 2.88 bits per heavy atom. The summed E-state index contributed by atoms with van der Waals surface area (Å²) in [5, 5.41) is 9.08. The summed E-state index contributed by atoms with van der Waals surface area (Å²) < 4.78 is 4.88. The van der Waals surface area contributed by atoms with Crippen molar-refractivity contribution in [2.75, 3.05) is 18.1 Å². The zero-order valence-electron chi connectivity index (χ0n) is 8.85. The summed E-state index contributed by atoms with van der Waals surface area (Å²) in [5.74, 6) is -1.12. The predicted octanol–water partition coefficient (Wildman–Crippen LogP) is 2.38. The Hall–Kier alpha value is -1.75. The van der Waals surface area contributed by atoms with Crippen molar-refractivity contribution in [2.24, 2.45) is 0 Å². The van der Waals surface area contributed by atoms with Crippen LogP contribution in [0.1, 0.15) is 16.8 Å². The third-order valence-electron chi connectivity index (χ3n) is 2.46. The number of carbonyl (C=O) groups is 2. The van der Waals surface area contributed by atoms with Crippen molar-refractivity contribution < 1.29 is 19.4 Å². The quantitative estimate of drug-likeness (QED) is 0.881. The van der Waals surface area contributed by atoms with Gasteiger partial charge in [0.2, 0.25) is 0 Å². The molecule has 1 heterocycles. The van der Waals surface area contributed by atoms with Gasteiger partial charge < -0.3 is 9.84 Å². The van der Waals surface area contributed by atoms with E-state index in [0.29, 0.717) is 18.8 Å². The number of carbonyl (C=O) groups excluding carboxylic acids is 1. The first-order valence-corrected chi connectivity index (χ1v) is 5.44. The molecule has 0 atom stereocenters. The van der Waals surface area contributed by atoms with Gasteiger partial charge in [-0.05, 0) is 24.6 Å². The Balaban J connectivity index is 2.35. The van der Waals surface area contributed by atoms with Gasteiger partial charge >= 0.3 is 12.1 Å².